The van der Waals surface area contributed by atoms with E-state index in [1.54, 1.807) is 0 Å². The first-order chi connectivity index (χ1) is 10.1. The van der Waals surface area contributed by atoms with Crippen LogP contribution < -0.4 is 4.90 Å². The highest BCUT2D eigenvalue weighted by Crippen LogP contribution is 2.34. The molecule has 1 aliphatic heterocycles. The molecule has 1 aromatic heterocycles. The van der Waals surface area contributed by atoms with Crippen LogP contribution in [0.3, 0.4) is 0 Å². The maximum atomic E-state index is 11.5. The molecular formula is C16H18N2O2S. The van der Waals surface area contributed by atoms with E-state index in [9.17, 15) is 9.90 Å². The van der Waals surface area contributed by atoms with E-state index in [2.05, 4.69) is 16.8 Å². The fourth-order valence-electron chi connectivity index (χ4n) is 2.74. The Morgan fingerprint density at radius 3 is 2.81 bits per heavy atom. The van der Waals surface area contributed by atoms with Crippen molar-refractivity contribution in [1.82, 2.24) is 4.98 Å². The predicted molar refractivity (Wildman–Crippen MR) is 85.1 cm³/mol. The Hall–Kier alpha value is -1.88. The molecule has 2 heterocycles. The van der Waals surface area contributed by atoms with Crippen LogP contribution in [-0.4, -0.2) is 29.1 Å². The van der Waals surface area contributed by atoms with Gasteiger partial charge in [0, 0.05) is 18.7 Å². The molecule has 21 heavy (non-hydrogen) atoms. The number of benzene rings is 1. The molecule has 1 saturated heterocycles. The van der Waals surface area contributed by atoms with Crippen LogP contribution in [0, 0.1) is 5.92 Å². The maximum absolute atomic E-state index is 11.5. The van der Waals surface area contributed by atoms with Crippen molar-refractivity contribution >= 4 is 22.4 Å². The molecule has 3 rings (SSSR count). The number of piperidine rings is 1. The summed E-state index contributed by atoms with van der Waals surface area (Å²) in [6, 6.07) is 9.55. The standard InChI is InChI=1S/C16H18N2O2S/c1-11-6-5-9-18(10-11)16-17-13(14(21-16)15(19)20)12-7-3-2-4-8-12/h2-4,7-8,11H,5-6,9-10H2,1H3,(H,19,20). The van der Waals surface area contributed by atoms with Crippen LogP contribution in [0.25, 0.3) is 11.3 Å². The second-order valence-electron chi connectivity index (χ2n) is 5.54. The van der Waals surface area contributed by atoms with Crippen molar-refractivity contribution in [2.75, 3.05) is 18.0 Å². The summed E-state index contributed by atoms with van der Waals surface area (Å²) in [6.07, 6.45) is 2.38. The number of hydrogen-bond donors (Lipinski definition) is 1. The van der Waals surface area contributed by atoms with Crippen molar-refractivity contribution in [2.24, 2.45) is 5.92 Å². The highest BCUT2D eigenvalue weighted by molar-refractivity contribution is 7.17. The molecule has 0 spiro atoms. The molecule has 1 unspecified atom stereocenters. The number of thiazole rings is 1. The van der Waals surface area contributed by atoms with Gasteiger partial charge < -0.3 is 10.0 Å². The quantitative estimate of drug-likeness (QED) is 0.938. The number of hydrogen-bond acceptors (Lipinski definition) is 4. The number of aromatic carboxylic acids is 1. The first-order valence-electron chi connectivity index (χ1n) is 7.19. The second-order valence-corrected chi connectivity index (χ2v) is 6.52. The number of carboxylic acids is 1. The fourth-order valence-corrected chi connectivity index (χ4v) is 3.71. The van der Waals surface area contributed by atoms with E-state index in [4.69, 9.17) is 0 Å². The number of aromatic nitrogens is 1. The van der Waals surface area contributed by atoms with Gasteiger partial charge in [-0.1, -0.05) is 48.6 Å². The Bertz CT molecular complexity index is 639. The van der Waals surface area contributed by atoms with Crippen molar-refractivity contribution in [2.45, 2.75) is 19.8 Å². The molecule has 1 atom stereocenters. The van der Waals surface area contributed by atoms with Gasteiger partial charge in [-0.3, -0.25) is 0 Å². The van der Waals surface area contributed by atoms with E-state index < -0.39 is 5.97 Å². The first-order valence-corrected chi connectivity index (χ1v) is 8.01. The lowest BCUT2D eigenvalue weighted by Crippen LogP contribution is -2.34. The summed E-state index contributed by atoms with van der Waals surface area (Å²) in [6.45, 7) is 4.15. The van der Waals surface area contributed by atoms with Crippen LogP contribution in [0.15, 0.2) is 30.3 Å². The Kier molecular flexibility index (Phi) is 3.92. The van der Waals surface area contributed by atoms with Gasteiger partial charge in [0.05, 0.1) is 5.69 Å². The molecule has 1 N–H and O–H groups in total. The monoisotopic (exact) mass is 302 g/mol. The van der Waals surface area contributed by atoms with Gasteiger partial charge in [0.2, 0.25) is 0 Å². The third kappa shape index (κ3) is 2.93. The van der Waals surface area contributed by atoms with Crippen molar-refractivity contribution in [3.63, 3.8) is 0 Å². The van der Waals surface area contributed by atoms with Crippen molar-refractivity contribution in [3.8, 4) is 11.3 Å². The lowest BCUT2D eigenvalue weighted by atomic mass is 10.0. The zero-order valence-corrected chi connectivity index (χ0v) is 12.8. The van der Waals surface area contributed by atoms with E-state index in [1.807, 2.05) is 30.3 Å². The Morgan fingerprint density at radius 1 is 1.38 bits per heavy atom. The molecule has 0 radical (unpaired) electrons. The molecule has 5 heteroatoms. The van der Waals surface area contributed by atoms with Gasteiger partial charge in [-0.15, -0.1) is 0 Å². The molecule has 2 aromatic rings. The molecule has 0 saturated carbocycles. The van der Waals surface area contributed by atoms with Gasteiger partial charge in [-0.25, -0.2) is 9.78 Å². The summed E-state index contributed by atoms with van der Waals surface area (Å²) in [5.74, 6) is -0.265. The number of anilines is 1. The predicted octanol–water partition coefficient (Wildman–Crippen LogP) is 3.74. The van der Waals surface area contributed by atoms with Crippen molar-refractivity contribution < 1.29 is 9.90 Å². The van der Waals surface area contributed by atoms with Crippen molar-refractivity contribution in [1.29, 1.82) is 0 Å². The molecule has 0 aliphatic carbocycles. The lowest BCUT2D eigenvalue weighted by Gasteiger charge is -2.30. The molecule has 110 valence electrons. The van der Waals surface area contributed by atoms with Crippen molar-refractivity contribution in [3.05, 3.63) is 35.2 Å². The van der Waals surface area contributed by atoms with Crippen LogP contribution in [0.2, 0.25) is 0 Å². The summed E-state index contributed by atoms with van der Waals surface area (Å²) in [7, 11) is 0. The minimum absolute atomic E-state index is 0.328. The van der Waals surface area contributed by atoms with E-state index >= 15 is 0 Å². The fraction of sp³-hybridized carbons (Fsp3) is 0.375. The van der Waals surface area contributed by atoms with Crippen LogP contribution in [0.5, 0.6) is 0 Å². The average molecular weight is 302 g/mol. The summed E-state index contributed by atoms with van der Waals surface area (Å²) in [4.78, 5) is 18.7. The van der Waals surface area contributed by atoms with Gasteiger partial charge in [-0.2, -0.15) is 0 Å². The van der Waals surface area contributed by atoms with E-state index in [1.165, 1.54) is 17.8 Å². The first kappa shape index (κ1) is 14.1. The number of rotatable bonds is 3. The van der Waals surface area contributed by atoms with Crippen LogP contribution in [0.4, 0.5) is 5.13 Å². The lowest BCUT2D eigenvalue weighted by molar-refractivity contribution is 0.0702. The highest BCUT2D eigenvalue weighted by atomic mass is 32.1. The Balaban J connectivity index is 1.99. The molecule has 1 aromatic carbocycles. The minimum Gasteiger partial charge on any atom is -0.477 e. The van der Waals surface area contributed by atoms with Crippen LogP contribution >= 0.6 is 11.3 Å². The van der Waals surface area contributed by atoms with Crippen LogP contribution in [0.1, 0.15) is 29.4 Å². The summed E-state index contributed by atoms with van der Waals surface area (Å²) in [5, 5.41) is 10.3. The summed E-state index contributed by atoms with van der Waals surface area (Å²) < 4.78 is 0. The summed E-state index contributed by atoms with van der Waals surface area (Å²) in [5.41, 5.74) is 1.45. The minimum atomic E-state index is -0.900. The van der Waals surface area contributed by atoms with E-state index in [0.717, 1.165) is 30.2 Å². The Morgan fingerprint density at radius 2 is 2.14 bits per heavy atom. The number of nitrogens with zero attached hydrogens (tertiary/aromatic N) is 2. The Labute approximate surface area is 128 Å². The third-order valence-electron chi connectivity index (χ3n) is 3.78. The smallest absolute Gasteiger partial charge is 0.348 e. The normalized spacial score (nSPS) is 18.7. The molecule has 0 bridgehead atoms. The molecule has 0 amide bonds. The second kappa shape index (κ2) is 5.85. The number of carboxylic acid groups (broad SMARTS) is 1. The van der Waals surface area contributed by atoms with Gasteiger partial charge in [0.25, 0.3) is 0 Å². The number of carbonyl (C=O) groups is 1. The third-order valence-corrected chi connectivity index (χ3v) is 4.89. The van der Waals surface area contributed by atoms with Gasteiger partial charge in [0.1, 0.15) is 4.88 Å². The molecular weight excluding hydrogens is 284 g/mol. The zero-order chi connectivity index (χ0) is 14.8. The van der Waals surface area contributed by atoms with Crippen LogP contribution in [-0.2, 0) is 0 Å². The SMILES string of the molecule is CC1CCCN(c2nc(-c3ccccc3)c(C(=O)O)s2)C1. The van der Waals surface area contributed by atoms with Gasteiger partial charge in [-0.05, 0) is 18.8 Å². The van der Waals surface area contributed by atoms with Gasteiger partial charge >= 0.3 is 5.97 Å². The molecule has 4 nitrogen and oxygen atoms in total. The topological polar surface area (TPSA) is 53.4 Å². The van der Waals surface area contributed by atoms with E-state index in [-0.39, 0.29) is 0 Å². The zero-order valence-electron chi connectivity index (χ0n) is 12.0. The highest BCUT2D eigenvalue weighted by Gasteiger charge is 2.24. The largest absolute Gasteiger partial charge is 0.477 e. The molecule has 1 aliphatic rings. The average Bonchev–Trinajstić information content (AvgIpc) is 2.93. The molecule has 1 fully saturated rings. The van der Waals surface area contributed by atoms with Gasteiger partial charge in [0.15, 0.2) is 5.13 Å². The maximum Gasteiger partial charge on any atom is 0.348 e. The summed E-state index contributed by atoms with van der Waals surface area (Å²) >= 11 is 1.29. The van der Waals surface area contributed by atoms with E-state index in [0.29, 0.717) is 16.5 Å².